The number of benzene rings is 2. The molecule has 2 aromatic rings. The predicted octanol–water partition coefficient (Wildman–Crippen LogP) is 4.39. The van der Waals surface area contributed by atoms with E-state index in [2.05, 4.69) is 10.6 Å². The summed E-state index contributed by atoms with van der Waals surface area (Å²) in [6.07, 6.45) is 2.03. The minimum Gasteiger partial charge on any atom is -0.462 e. The Morgan fingerprint density at radius 2 is 1.83 bits per heavy atom. The second kappa shape index (κ2) is 8.55. The maximum absolute atomic E-state index is 11.6. The van der Waals surface area contributed by atoms with Gasteiger partial charge in [0.05, 0.1) is 12.2 Å². The molecule has 23 heavy (non-hydrogen) atoms. The van der Waals surface area contributed by atoms with Crippen LogP contribution >= 0.6 is 24.0 Å². The average molecular weight is 346 g/mol. The standard InChI is InChI=1S/C17H18N2O2S2/c1-3-21-16(20)12-7-9-13(10-8-12)18-17(22)19-14-5-4-6-15(11-14)23-2/h4-11H,3H2,1-2H3,(H2,18,19,22). The Hall–Kier alpha value is -2.05. The van der Waals surface area contributed by atoms with Gasteiger partial charge >= 0.3 is 5.97 Å². The van der Waals surface area contributed by atoms with Gasteiger partial charge in [-0.15, -0.1) is 11.8 Å². The van der Waals surface area contributed by atoms with Crippen LogP contribution in [-0.2, 0) is 4.74 Å². The van der Waals surface area contributed by atoms with Crippen LogP contribution in [0.2, 0.25) is 0 Å². The Kier molecular flexibility index (Phi) is 6.43. The van der Waals surface area contributed by atoms with Crippen LogP contribution in [0.25, 0.3) is 0 Å². The van der Waals surface area contributed by atoms with Crippen LogP contribution in [0.15, 0.2) is 53.4 Å². The van der Waals surface area contributed by atoms with E-state index in [1.165, 1.54) is 0 Å². The molecule has 0 aliphatic rings. The van der Waals surface area contributed by atoms with Crippen molar-refractivity contribution in [2.75, 3.05) is 23.5 Å². The number of hydrogen-bond donors (Lipinski definition) is 2. The zero-order valence-electron chi connectivity index (χ0n) is 13.0. The number of carbonyl (C=O) groups is 1. The number of thiocarbonyl (C=S) groups is 1. The zero-order chi connectivity index (χ0) is 16.7. The van der Waals surface area contributed by atoms with E-state index in [9.17, 15) is 4.79 Å². The minimum atomic E-state index is -0.325. The third kappa shape index (κ3) is 5.26. The predicted molar refractivity (Wildman–Crippen MR) is 100 cm³/mol. The molecule has 0 fully saturated rings. The van der Waals surface area contributed by atoms with Gasteiger partial charge in [0.2, 0.25) is 0 Å². The highest BCUT2D eigenvalue weighted by molar-refractivity contribution is 7.98. The van der Waals surface area contributed by atoms with Crippen LogP contribution in [0.5, 0.6) is 0 Å². The average Bonchev–Trinajstić information content (AvgIpc) is 2.55. The number of hydrogen-bond acceptors (Lipinski definition) is 4. The first-order chi connectivity index (χ1) is 11.1. The fourth-order valence-corrected chi connectivity index (χ4v) is 2.59. The molecule has 0 unspecified atom stereocenters. The topological polar surface area (TPSA) is 50.4 Å². The smallest absolute Gasteiger partial charge is 0.338 e. The van der Waals surface area contributed by atoms with Gasteiger partial charge in [-0.05, 0) is 67.9 Å². The third-order valence-electron chi connectivity index (χ3n) is 2.98. The van der Waals surface area contributed by atoms with Crippen LogP contribution < -0.4 is 10.6 Å². The maximum Gasteiger partial charge on any atom is 0.338 e. The van der Waals surface area contributed by atoms with Gasteiger partial charge < -0.3 is 15.4 Å². The first kappa shape index (κ1) is 17.3. The molecule has 0 spiro atoms. The summed E-state index contributed by atoms with van der Waals surface area (Å²) in [5.74, 6) is -0.325. The van der Waals surface area contributed by atoms with Gasteiger partial charge in [-0.2, -0.15) is 0 Å². The Labute approximate surface area is 145 Å². The number of nitrogens with one attached hydrogen (secondary N) is 2. The van der Waals surface area contributed by atoms with Crippen molar-refractivity contribution in [2.24, 2.45) is 0 Å². The highest BCUT2D eigenvalue weighted by Crippen LogP contribution is 2.19. The summed E-state index contributed by atoms with van der Waals surface area (Å²) in [5.41, 5.74) is 2.25. The molecule has 2 aromatic carbocycles. The molecule has 0 aliphatic carbocycles. The van der Waals surface area contributed by atoms with E-state index in [0.717, 1.165) is 16.3 Å². The first-order valence-corrected chi connectivity index (χ1v) is 8.75. The molecule has 120 valence electrons. The summed E-state index contributed by atoms with van der Waals surface area (Å²) in [6.45, 7) is 2.14. The molecular weight excluding hydrogens is 328 g/mol. The largest absolute Gasteiger partial charge is 0.462 e. The number of carbonyl (C=O) groups excluding carboxylic acids is 1. The van der Waals surface area contributed by atoms with Crippen molar-refractivity contribution in [1.29, 1.82) is 0 Å². The Bertz CT molecular complexity index is 687. The molecule has 0 saturated carbocycles. The van der Waals surface area contributed by atoms with E-state index in [-0.39, 0.29) is 5.97 Å². The Morgan fingerprint density at radius 3 is 2.48 bits per heavy atom. The molecule has 2 rings (SSSR count). The lowest BCUT2D eigenvalue weighted by molar-refractivity contribution is 0.0526. The van der Waals surface area contributed by atoms with Gasteiger partial charge in [-0.25, -0.2) is 4.79 Å². The highest BCUT2D eigenvalue weighted by Gasteiger charge is 2.06. The van der Waals surface area contributed by atoms with Crippen LogP contribution in [0.3, 0.4) is 0 Å². The lowest BCUT2D eigenvalue weighted by Gasteiger charge is -2.11. The highest BCUT2D eigenvalue weighted by atomic mass is 32.2. The first-order valence-electron chi connectivity index (χ1n) is 7.11. The zero-order valence-corrected chi connectivity index (χ0v) is 14.6. The summed E-state index contributed by atoms with van der Waals surface area (Å²) in [6, 6.07) is 15.0. The van der Waals surface area contributed by atoms with E-state index < -0.39 is 0 Å². The lowest BCUT2D eigenvalue weighted by atomic mass is 10.2. The fourth-order valence-electron chi connectivity index (χ4n) is 1.90. The van der Waals surface area contributed by atoms with Crippen molar-refractivity contribution < 1.29 is 9.53 Å². The minimum absolute atomic E-state index is 0.325. The summed E-state index contributed by atoms with van der Waals surface area (Å²) in [7, 11) is 0. The number of esters is 1. The van der Waals surface area contributed by atoms with Crippen LogP contribution in [0.4, 0.5) is 11.4 Å². The molecule has 0 heterocycles. The lowest BCUT2D eigenvalue weighted by Crippen LogP contribution is -2.19. The number of rotatable bonds is 5. The molecule has 0 bridgehead atoms. The molecule has 0 aromatic heterocycles. The molecule has 2 N–H and O–H groups in total. The van der Waals surface area contributed by atoms with Crippen molar-refractivity contribution >= 4 is 46.4 Å². The van der Waals surface area contributed by atoms with Crippen molar-refractivity contribution in [3.8, 4) is 0 Å². The van der Waals surface area contributed by atoms with E-state index in [0.29, 0.717) is 17.3 Å². The van der Waals surface area contributed by atoms with E-state index in [1.807, 2.05) is 30.5 Å². The SMILES string of the molecule is CCOC(=O)c1ccc(NC(=S)Nc2cccc(SC)c2)cc1. The third-order valence-corrected chi connectivity index (χ3v) is 3.91. The van der Waals surface area contributed by atoms with Gasteiger partial charge in [-0.1, -0.05) is 6.07 Å². The van der Waals surface area contributed by atoms with E-state index >= 15 is 0 Å². The monoisotopic (exact) mass is 346 g/mol. The molecule has 0 radical (unpaired) electrons. The summed E-state index contributed by atoms with van der Waals surface area (Å²) in [4.78, 5) is 12.8. The maximum atomic E-state index is 11.6. The Balaban J connectivity index is 1.96. The normalized spacial score (nSPS) is 10.0. The van der Waals surface area contributed by atoms with Crippen LogP contribution in [0, 0.1) is 0 Å². The van der Waals surface area contributed by atoms with Crippen molar-refractivity contribution in [2.45, 2.75) is 11.8 Å². The number of thioether (sulfide) groups is 1. The quantitative estimate of drug-likeness (QED) is 0.476. The summed E-state index contributed by atoms with van der Waals surface area (Å²) < 4.78 is 4.95. The number of anilines is 2. The summed E-state index contributed by atoms with van der Waals surface area (Å²) in [5, 5.41) is 6.72. The van der Waals surface area contributed by atoms with E-state index in [4.69, 9.17) is 17.0 Å². The van der Waals surface area contributed by atoms with Gasteiger partial charge in [0.15, 0.2) is 5.11 Å². The van der Waals surface area contributed by atoms with Crippen molar-refractivity contribution in [3.63, 3.8) is 0 Å². The second-order valence-corrected chi connectivity index (χ2v) is 5.90. The second-order valence-electron chi connectivity index (χ2n) is 4.61. The molecular formula is C17H18N2O2S2. The van der Waals surface area contributed by atoms with Gasteiger partial charge in [0.1, 0.15) is 0 Å². The van der Waals surface area contributed by atoms with Crippen molar-refractivity contribution in [3.05, 3.63) is 54.1 Å². The van der Waals surface area contributed by atoms with Gasteiger partial charge in [-0.3, -0.25) is 0 Å². The molecule has 0 atom stereocenters. The van der Waals surface area contributed by atoms with Gasteiger partial charge in [0, 0.05) is 16.3 Å². The van der Waals surface area contributed by atoms with Crippen LogP contribution in [0.1, 0.15) is 17.3 Å². The molecule has 0 aliphatic heterocycles. The molecule has 4 nitrogen and oxygen atoms in total. The number of ether oxygens (including phenoxy) is 1. The summed E-state index contributed by atoms with van der Waals surface area (Å²) >= 11 is 6.98. The fraction of sp³-hybridized carbons (Fsp3) is 0.176. The van der Waals surface area contributed by atoms with Crippen LogP contribution in [-0.4, -0.2) is 23.9 Å². The Morgan fingerprint density at radius 1 is 1.13 bits per heavy atom. The van der Waals surface area contributed by atoms with Gasteiger partial charge in [0.25, 0.3) is 0 Å². The molecule has 6 heteroatoms. The molecule has 0 saturated heterocycles. The molecule has 0 amide bonds. The van der Waals surface area contributed by atoms with Crippen molar-refractivity contribution in [1.82, 2.24) is 0 Å². The van der Waals surface area contributed by atoms with E-state index in [1.54, 1.807) is 43.0 Å².